The minimum absolute atomic E-state index is 0.173. The number of rotatable bonds is 10. The molecule has 1 heterocycles. The van der Waals surface area contributed by atoms with Crippen molar-refractivity contribution in [3.8, 4) is 5.75 Å². The number of nitrogens with zero attached hydrogens (tertiary/aromatic N) is 2. The number of hydrogen-bond acceptors (Lipinski definition) is 4. The van der Waals surface area contributed by atoms with Gasteiger partial charge in [0.15, 0.2) is 5.78 Å². The lowest BCUT2D eigenvalue weighted by Crippen LogP contribution is -2.44. The molecule has 168 valence electrons. The molecule has 4 heteroatoms. The van der Waals surface area contributed by atoms with Crippen LogP contribution in [0.4, 0.5) is 0 Å². The van der Waals surface area contributed by atoms with E-state index in [0.717, 1.165) is 74.1 Å². The van der Waals surface area contributed by atoms with Gasteiger partial charge in [0.2, 0.25) is 0 Å². The molecule has 4 rings (SSSR count). The summed E-state index contributed by atoms with van der Waals surface area (Å²) in [6.07, 6.45) is 3.26. The third kappa shape index (κ3) is 5.96. The number of ketones is 1. The van der Waals surface area contributed by atoms with E-state index in [1.54, 1.807) is 0 Å². The van der Waals surface area contributed by atoms with Gasteiger partial charge >= 0.3 is 0 Å². The van der Waals surface area contributed by atoms with Crippen LogP contribution >= 0.6 is 0 Å². The number of carbonyl (C=O) groups excluding carboxylic acids is 1. The van der Waals surface area contributed by atoms with Crippen molar-refractivity contribution in [2.45, 2.75) is 25.7 Å². The molecule has 3 aromatic rings. The zero-order valence-electron chi connectivity index (χ0n) is 19.1. The minimum atomic E-state index is 0.173. The molecule has 0 N–H and O–H groups in total. The van der Waals surface area contributed by atoms with Gasteiger partial charge in [-0.15, -0.1) is 0 Å². The Labute approximate surface area is 191 Å². The van der Waals surface area contributed by atoms with E-state index in [2.05, 4.69) is 53.2 Å². The molecule has 1 saturated heterocycles. The van der Waals surface area contributed by atoms with Gasteiger partial charge in [-0.2, -0.15) is 0 Å². The van der Waals surface area contributed by atoms with E-state index < -0.39 is 0 Å². The average molecular weight is 431 g/mol. The molecular formula is C28H34N2O2. The van der Waals surface area contributed by atoms with Crippen LogP contribution in [0.2, 0.25) is 0 Å². The molecule has 0 spiro atoms. The van der Waals surface area contributed by atoms with Crippen molar-refractivity contribution in [3.05, 3.63) is 77.9 Å². The van der Waals surface area contributed by atoms with Crippen molar-refractivity contribution in [2.24, 2.45) is 0 Å². The molecule has 1 aliphatic heterocycles. The summed E-state index contributed by atoms with van der Waals surface area (Å²) in [5.41, 5.74) is 2.02. The lowest BCUT2D eigenvalue weighted by atomic mass is 9.96. The van der Waals surface area contributed by atoms with Crippen LogP contribution in [0.5, 0.6) is 5.75 Å². The highest BCUT2D eigenvalue weighted by atomic mass is 16.5. The van der Waals surface area contributed by atoms with Crippen LogP contribution in [-0.2, 0) is 6.42 Å². The van der Waals surface area contributed by atoms with Crippen LogP contribution in [0.1, 0.15) is 35.2 Å². The van der Waals surface area contributed by atoms with Crippen LogP contribution < -0.4 is 4.74 Å². The molecule has 3 aromatic carbocycles. The highest BCUT2D eigenvalue weighted by molar-refractivity contribution is 6.10. The molecule has 0 atom stereocenters. The lowest BCUT2D eigenvalue weighted by Gasteiger charge is -2.32. The molecule has 1 fully saturated rings. The Balaban J connectivity index is 1.39. The van der Waals surface area contributed by atoms with Crippen LogP contribution in [0, 0.1) is 0 Å². The van der Waals surface area contributed by atoms with Crippen LogP contribution in [0.3, 0.4) is 0 Å². The van der Waals surface area contributed by atoms with Gasteiger partial charge in [-0.1, -0.05) is 60.7 Å². The van der Waals surface area contributed by atoms with Gasteiger partial charge in [-0.3, -0.25) is 4.79 Å². The number of hydrogen-bond donors (Lipinski definition) is 0. The minimum Gasteiger partial charge on any atom is -0.493 e. The summed E-state index contributed by atoms with van der Waals surface area (Å²) in [4.78, 5) is 18.2. The molecule has 4 nitrogen and oxygen atoms in total. The summed E-state index contributed by atoms with van der Waals surface area (Å²) in [6, 6.07) is 22.5. The number of ether oxygens (including phenoxy) is 1. The SMILES string of the molecule is CN1CCN(CCCOc2ccc3ccccc3c2C(=O)CCCc2ccccc2)CC1. The van der Waals surface area contributed by atoms with E-state index >= 15 is 0 Å². The Bertz CT molecular complexity index is 1010. The number of piperazine rings is 1. The fourth-order valence-corrected chi connectivity index (χ4v) is 4.42. The first-order chi connectivity index (χ1) is 15.7. The summed E-state index contributed by atoms with van der Waals surface area (Å²) < 4.78 is 6.19. The zero-order chi connectivity index (χ0) is 22.2. The predicted molar refractivity (Wildman–Crippen MR) is 132 cm³/mol. The van der Waals surface area contributed by atoms with Gasteiger partial charge in [-0.05, 0) is 48.7 Å². The smallest absolute Gasteiger partial charge is 0.167 e. The van der Waals surface area contributed by atoms with Crippen LogP contribution in [0.25, 0.3) is 10.8 Å². The quantitative estimate of drug-likeness (QED) is 0.332. The number of aryl methyl sites for hydroxylation is 1. The maximum Gasteiger partial charge on any atom is 0.167 e. The summed E-state index contributed by atoms with van der Waals surface area (Å²) in [5, 5.41) is 2.08. The Morgan fingerprint density at radius 1 is 0.875 bits per heavy atom. The van der Waals surface area contributed by atoms with E-state index in [0.29, 0.717) is 13.0 Å². The second kappa shape index (κ2) is 11.3. The Morgan fingerprint density at radius 2 is 1.62 bits per heavy atom. The van der Waals surface area contributed by atoms with E-state index in [1.807, 2.05) is 30.3 Å². The maximum atomic E-state index is 13.3. The van der Waals surface area contributed by atoms with Crippen molar-refractivity contribution >= 4 is 16.6 Å². The fourth-order valence-electron chi connectivity index (χ4n) is 4.42. The number of carbonyl (C=O) groups is 1. The van der Waals surface area contributed by atoms with E-state index in [1.165, 1.54) is 5.56 Å². The van der Waals surface area contributed by atoms with Crippen molar-refractivity contribution in [1.29, 1.82) is 0 Å². The van der Waals surface area contributed by atoms with Crippen molar-refractivity contribution in [2.75, 3.05) is 46.4 Å². The van der Waals surface area contributed by atoms with Gasteiger partial charge in [0, 0.05) is 39.1 Å². The standard InChI is InChI=1S/C28H34N2O2/c1-29-18-20-30(21-19-29)17-8-22-32-27-16-15-24-12-5-6-13-25(24)28(27)26(31)14-7-11-23-9-3-2-4-10-23/h2-6,9-10,12-13,15-16H,7-8,11,14,17-22H2,1H3. The molecule has 0 radical (unpaired) electrons. The molecule has 0 aromatic heterocycles. The highest BCUT2D eigenvalue weighted by Gasteiger charge is 2.17. The Hall–Kier alpha value is -2.69. The number of benzene rings is 3. The zero-order valence-corrected chi connectivity index (χ0v) is 19.1. The van der Waals surface area contributed by atoms with Gasteiger partial charge < -0.3 is 14.5 Å². The normalized spacial score (nSPS) is 15.2. The Kier molecular flexibility index (Phi) is 7.92. The molecular weight excluding hydrogens is 396 g/mol. The summed E-state index contributed by atoms with van der Waals surface area (Å²) >= 11 is 0. The van der Waals surface area contributed by atoms with E-state index in [4.69, 9.17) is 4.74 Å². The molecule has 0 amide bonds. The first kappa shape index (κ1) is 22.5. The molecule has 1 aliphatic rings. The van der Waals surface area contributed by atoms with Gasteiger partial charge in [0.1, 0.15) is 5.75 Å². The Morgan fingerprint density at radius 3 is 2.44 bits per heavy atom. The number of fused-ring (bicyclic) bond motifs is 1. The second-order valence-electron chi connectivity index (χ2n) is 8.77. The van der Waals surface area contributed by atoms with Crippen molar-refractivity contribution < 1.29 is 9.53 Å². The fraction of sp³-hybridized carbons (Fsp3) is 0.393. The molecule has 32 heavy (non-hydrogen) atoms. The molecule has 0 aliphatic carbocycles. The summed E-state index contributed by atoms with van der Waals surface area (Å²) in [5.74, 6) is 0.901. The molecule has 0 unspecified atom stereocenters. The van der Waals surface area contributed by atoms with Gasteiger partial charge in [0.25, 0.3) is 0 Å². The third-order valence-electron chi connectivity index (χ3n) is 6.35. The van der Waals surface area contributed by atoms with E-state index in [-0.39, 0.29) is 5.78 Å². The topological polar surface area (TPSA) is 32.8 Å². The molecule has 0 bridgehead atoms. The molecule has 0 saturated carbocycles. The lowest BCUT2D eigenvalue weighted by molar-refractivity contribution is 0.0977. The van der Waals surface area contributed by atoms with Crippen molar-refractivity contribution in [3.63, 3.8) is 0 Å². The van der Waals surface area contributed by atoms with Crippen LogP contribution in [0.15, 0.2) is 66.7 Å². The second-order valence-corrected chi connectivity index (χ2v) is 8.77. The van der Waals surface area contributed by atoms with E-state index in [9.17, 15) is 4.79 Å². The number of likely N-dealkylation sites (N-methyl/N-ethyl adjacent to an activating group) is 1. The first-order valence-corrected chi connectivity index (χ1v) is 11.8. The number of Topliss-reactive ketones (excluding diaryl/α,β-unsaturated/α-hetero) is 1. The summed E-state index contributed by atoms with van der Waals surface area (Å²) in [7, 11) is 2.18. The monoisotopic (exact) mass is 430 g/mol. The van der Waals surface area contributed by atoms with Crippen LogP contribution in [-0.4, -0.2) is 62.0 Å². The average Bonchev–Trinajstić information content (AvgIpc) is 2.83. The first-order valence-electron chi connectivity index (χ1n) is 11.8. The third-order valence-corrected chi connectivity index (χ3v) is 6.35. The van der Waals surface area contributed by atoms with Gasteiger partial charge in [0.05, 0.1) is 12.2 Å². The van der Waals surface area contributed by atoms with Gasteiger partial charge in [-0.25, -0.2) is 0 Å². The largest absolute Gasteiger partial charge is 0.493 e. The predicted octanol–water partition coefficient (Wildman–Crippen LogP) is 5.06. The highest BCUT2D eigenvalue weighted by Crippen LogP contribution is 2.30. The maximum absolute atomic E-state index is 13.3. The van der Waals surface area contributed by atoms with Crippen molar-refractivity contribution in [1.82, 2.24) is 9.80 Å². The summed E-state index contributed by atoms with van der Waals surface area (Å²) in [6.45, 7) is 6.19.